The normalized spacial score (nSPS) is 14.0. The lowest BCUT2D eigenvalue weighted by Crippen LogP contribution is -2.32. The van der Waals surface area contributed by atoms with Crippen molar-refractivity contribution in [3.05, 3.63) is 101 Å². The van der Waals surface area contributed by atoms with Gasteiger partial charge in [-0.1, -0.05) is 54.1 Å². The van der Waals surface area contributed by atoms with Crippen LogP contribution in [-0.4, -0.2) is 11.8 Å². The molecule has 1 aliphatic rings. The summed E-state index contributed by atoms with van der Waals surface area (Å²) in [6.07, 6.45) is 0. The van der Waals surface area contributed by atoms with E-state index in [1.165, 1.54) is 24.3 Å². The second kappa shape index (κ2) is 7.29. The van der Waals surface area contributed by atoms with E-state index in [1.54, 1.807) is 48.5 Å². The molecule has 1 N–H and O–H groups in total. The Bertz CT molecular complexity index is 1100. The SMILES string of the molecule is O=C1C(Nc2ccc(F)cc2)=C(c2ccccc2)C(=O)N1c1ccccc1Cl. The van der Waals surface area contributed by atoms with Gasteiger partial charge in [0.25, 0.3) is 11.8 Å². The lowest BCUT2D eigenvalue weighted by molar-refractivity contribution is -0.120. The molecule has 0 aromatic heterocycles. The van der Waals surface area contributed by atoms with E-state index in [1.807, 2.05) is 6.07 Å². The summed E-state index contributed by atoms with van der Waals surface area (Å²) in [6, 6.07) is 21.1. The third kappa shape index (κ3) is 3.17. The molecule has 0 radical (unpaired) electrons. The van der Waals surface area contributed by atoms with Gasteiger partial charge in [-0.2, -0.15) is 0 Å². The Morgan fingerprint density at radius 3 is 2.11 bits per heavy atom. The Kier molecular flexibility index (Phi) is 4.67. The van der Waals surface area contributed by atoms with Gasteiger partial charge in [0.05, 0.1) is 16.3 Å². The fourth-order valence-electron chi connectivity index (χ4n) is 3.05. The monoisotopic (exact) mass is 392 g/mol. The predicted molar refractivity (Wildman–Crippen MR) is 107 cm³/mol. The first-order valence-corrected chi connectivity index (χ1v) is 8.89. The van der Waals surface area contributed by atoms with Crippen LogP contribution in [0.3, 0.4) is 0 Å². The number of nitrogens with one attached hydrogen (secondary N) is 1. The van der Waals surface area contributed by atoms with Gasteiger partial charge in [0, 0.05) is 5.69 Å². The lowest BCUT2D eigenvalue weighted by Gasteiger charge is -2.16. The van der Waals surface area contributed by atoms with Crippen molar-refractivity contribution in [3.63, 3.8) is 0 Å². The molecule has 0 saturated heterocycles. The number of amides is 2. The van der Waals surface area contributed by atoms with Crippen molar-refractivity contribution >= 4 is 40.4 Å². The summed E-state index contributed by atoms with van der Waals surface area (Å²) in [6.45, 7) is 0. The predicted octanol–water partition coefficient (Wildman–Crippen LogP) is 4.88. The van der Waals surface area contributed by atoms with E-state index >= 15 is 0 Å². The second-order valence-corrected chi connectivity index (χ2v) is 6.55. The van der Waals surface area contributed by atoms with Gasteiger partial charge in [0.15, 0.2) is 0 Å². The lowest BCUT2D eigenvalue weighted by atomic mass is 10.0. The minimum absolute atomic E-state index is 0.114. The second-order valence-electron chi connectivity index (χ2n) is 6.15. The molecule has 28 heavy (non-hydrogen) atoms. The van der Waals surface area contributed by atoms with Gasteiger partial charge in [-0.05, 0) is 42.0 Å². The standard InChI is InChI=1S/C22H14ClFN2O2/c23-17-8-4-5-9-18(17)26-21(27)19(14-6-2-1-3-7-14)20(22(26)28)25-16-12-10-15(24)11-13-16/h1-13,25H. The number of para-hydroxylation sites is 1. The maximum Gasteiger partial charge on any atom is 0.282 e. The highest BCUT2D eigenvalue weighted by Crippen LogP contribution is 2.36. The van der Waals surface area contributed by atoms with Crippen LogP contribution in [-0.2, 0) is 9.59 Å². The van der Waals surface area contributed by atoms with Crippen LogP contribution in [0.1, 0.15) is 5.56 Å². The first-order chi connectivity index (χ1) is 13.6. The van der Waals surface area contributed by atoms with E-state index in [0.717, 1.165) is 4.90 Å². The number of halogens is 2. The van der Waals surface area contributed by atoms with Gasteiger partial charge in [0.2, 0.25) is 0 Å². The summed E-state index contributed by atoms with van der Waals surface area (Å²) in [4.78, 5) is 27.4. The number of hydrogen-bond acceptors (Lipinski definition) is 3. The topological polar surface area (TPSA) is 49.4 Å². The van der Waals surface area contributed by atoms with E-state index in [2.05, 4.69) is 5.32 Å². The third-order valence-corrected chi connectivity index (χ3v) is 4.67. The zero-order valence-electron chi connectivity index (χ0n) is 14.5. The summed E-state index contributed by atoms with van der Waals surface area (Å²) in [5.74, 6) is -1.40. The van der Waals surface area contributed by atoms with Gasteiger partial charge < -0.3 is 5.32 Å². The smallest absolute Gasteiger partial charge is 0.282 e. The van der Waals surface area contributed by atoms with E-state index in [-0.39, 0.29) is 11.3 Å². The van der Waals surface area contributed by atoms with Crippen LogP contribution in [0, 0.1) is 5.82 Å². The summed E-state index contributed by atoms with van der Waals surface area (Å²) in [5, 5.41) is 3.27. The molecule has 0 unspecified atom stereocenters. The number of imide groups is 1. The fraction of sp³-hybridized carbons (Fsp3) is 0. The highest BCUT2D eigenvalue weighted by molar-refractivity contribution is 6.48. The molecule has 3 aromatic rings. The number of benzene rings is 3. The molecule has 138 valence electrons. The van der Waals surface area contributed by atoms with Crippen molar-refractivity contribution in [1.29, 1.82) is 0 Å². The van der Waals surface area contributed by atoms with Crippen molar-refractivity contribution in [3.8, 4) is 0 Å². The minimum atomic E-state index is -0.527. The first-order valence-electron chi connectivity index (χ1n) is 8.52. The van der Waals surface area contributed by atoms with E-state index < -0.39 is 17.6 Å². The van der Waals surface area contributed by atoms with Crippen LogP contribution < -0.4 is 10.2 Å². The largest absolute Gasteiger partial charge is 0.350 e. The zero-order valence-corrected chi connectivity index (χ0v) is 15.3. The molecule has 0 saturated carbocycles. The number of anilines is 2. The molecule has 2 amide bonds. The average Bonchev–Trinajstić information content (AvgIpc) is 2.95. The molecule has 0 spiro atoms. The van der Waals surface area contributed by atoms with Crippen molar-refractivity contribution in [2.45, 2.75) is 0 Å². The Balaban J connectivity index is 1.83. The van der Waals surface area contributed by atoms with Gasteiger partial charge in [-0.3, -0.25) is 9.59 Å². The van der Waals surface area contributed by atoms with E-state index in [0.29, 0.717) is 22.0 Å². The Morgan fingerprint density at radius 1 is 0.786 bits per heavy atom. The number of rotatable bonds is 4. The van der Waals surface area contributed by atoms with Crippen LogP contribution in [0.5, 0.6) is 0 Å². The van der Waals surface area contributed by atoms with Crippen LogP contribution >= 0.6 is 11.6 Å². The molecule has 6 heteroatoms. The first kappa shape index (κ1) is 17.9. The molecular weight excluding hydrogens is 379 g/mol. The Morgan fingerprint density at radius 2 is 1.43 bits per heavy atom. The average molecular weight is 393 g/mol. The quantitative estimate of drug-likeness (QED) is 0.644. The van der Waals surface area contributed by atoms with Crippen molar-refractivity contribution in [2.75, 3.05) is 10.2 Å². The van der Waals surface area contributed by atoms with Crippen LogP contribution in [0.25, 0.3) is 5.57 Å². The molecule has 4 nitrogen and oxygen atoms in total. The summed E-state index contributed by atoms with van der Waals surface area (Å²) < 4.78 is 13.2. The highest BCUT2D eigenvalue weighted by atomic mass is 35.5. The molecule has 3 aromatic carbocycles. The third-order valence-electron chi connectivity index (χ3n) is 4.35. The summed E-state index contributed by atoms with van der Waals surface area (Å²) in [7, 11) is 0. The molecule has 0 bridgehead atoms. The Hall–Kier alpha value is -3.44. The molecule has 1 aliphatic heterocycles. The number of carbonyl (C=O) groups excluding carboxylic acids is 2. The number of carbonyl (C=O) groups is 2. The van der Waals surface area contributed by atoms with Crippen molar-refractivity contribution < 1.29 is 14.0 Å². The van der Waals surface area contributed by atoms with Gasteiger partial charge in [-0.15, -0.1) is 0 Å². The van der Waals surface area contributed by atoms with Crippen LogP contribution in [0.2, 0.25) is 5.02 Å². The molecule has 0 aliphatic carbocycles. The van der Waals surface area contributed by atoms with Gasteiger partial charge in [-0.25, -0.2) is 9.29 Å². The molecule has 0 fully saturated rings. The Labute approximate surface area is 165 Å². The molecule has 4 rings (SSSR count). The highest BCUT2D eigenvalue weighted by Gasteiger charge is 2.40. The van der Waals surface area contributed by atoms with Gasteiger partial charge in [0.1, 0.15) is 11.5 Å². The molecule has 0 atom stereocenters. The van der Waals surface area contributed by atoms with E-state index in [4.69, 9.17) is 11.6 Å². The van der Waals surface area contributed by atoms with Crippen LogP contribution in [0.4, 0.5) is 15.8 Å². The fourth-order valence-corrected chi connectivity index (χ4v) is 3.27. The minimum Gasteiger partial charge on any atom is -0.350 e. The maximum absolute atomic E-state index is 13.2. The van der Waals surface area contributed by atoms with E-state index in [9.17, 15) is 14.0 Å². The maximum atomic E-state index is 13.2. The molecular formula is C22H14ClFN2O2. The number of nitrogens with zero attached hydrogens (tertiary/aromatic N) is 1. The van der Waals surface area contributed by atoms with Crippen LogP contribution in [0.15, 0.2) is 84.6 Å². The number of hydrogen-bond donors (Lipinski definition) is 1. The summed E-state index contributed by atoms with van der Waals surface area (Å²) >= 11 is 6.23. The van der Waals surface area contributed by atoms with Crippen molar-refractivity contribution in [1.82, 2.24) is 0 Å². The summed E-state index contributed by atoms with van der Waals surface area (Å²) in [5.41, 5.74) is 1.74. The van der Waals surface area contributed by atoms with Crippen molar-refractivity contribution in [2.24, 2.45) is 0 Å². The zero-order chi connectivity index (χ0) is 19.7. The van der Waals surface area contributed by atoms with Gasteiger partial charge >= 0.3 is 0 Å². The molecule has 1 heterocycles.